The van der Waals surface area contributed by atoms with Crippen molar-refractivity contribution in [3.63, 3.8) is 0 Å². The van der Waals surface area contributed by atoms with E-state index in [1.807, 2.05) is 82.3 Å². The third-order valence-electron chi connectivity index (χ3n) is 7.01. The van der Waals surface area contributed by atoms with Gasteiger partial charge >= 0.3 is 0 Å². The Morgan fingerprint density at radius 3 is 2.14 bits per heavy atom. The molecule has 0 aromatic heterocycles. The number of allylic oxidation sites excluding steroid dienone is 1. The molecule has 1 atom stereocenters. The summed E-state index contributed by atoms with van der Waals surface area (Å²) in [5, 5.41) is 0. The minimum Gasteiger partial charge on any atom is -0.494 e. The van der Waals surface area contributed by atoms with Crippen LogP contribution in [0.25, 0.3) is 5.57 Å². The third kappa shape index (κ3) is 4.22. The van der Waals surface area contributed by atoms with Gasteiger partial charge in [0, 0.05) is 12.0 Å². The number of anilines is 1. The Hall–Kier alpha value is -4.19. The van der Waals surface area contributed by atoms with Crippen LogP contribution < -0.4 is 9.64 Å². The van der Waals surface area contributed by atoms with Crippen LogP contribution in [-0.2, 0) is 11.2 Å². The highest BCUT2D eigenvalue weighted by atomic mass is 16.5. The van der Waals surface area contributed by atoms with Crippen molar-refractivity contribution < 1.29 is 19.1 Å². The average Bonchev–Trinajstić information content (AvgIpc) is 3.13. The van der Waals surface area contributed by atoms with Crippen LogP contribution in [0.3, 0.4) is 0 Å². The molecule has 2 aliphatic rings. The molecule has 0 saturated heterocycles. The zero-order chi connectivity index (χ0) is 26.3. The second-order valence-electron chi connectivity index (χ2n) is 10.00. The Morgan fingerprint density at radius 2 is 1.51 bits per heavy atom. The average molecular weight is 495 g/mol. The van der Waals surface area contributed by atoms with Crippen LogP contribution >= 0.6 is 0 Å². The maximum atomic E-state index is 14.5. The summed E-state index contributed by atoms with van der Waals surface area (Å²) in [6.07, 6.45) is 2.26. The molecule has 0 aliphatic carbocycles. The molecule has 188 valence electrons. The Labute approximate surface area is 217 Å². The lowest BCUT2D eigenvalue weighted by molar-refractivity contribution is -0.123. The van der Waals surface area contributed by atoms with E-state index < -0.39 is 23.4 Å². The number of hydrogen-bond donors (Lipinski definition) is 0. The Balaban J connectivity index is 1.62. The van der Waals surface area contributed by atoms with Crippen molar-refractivity contribution in [1.29, 1.82) is 0 Å². The summed E-state index contributed by atoms with van der Waals surface area (Å²) in [5.41, 5.74) is 3.49. The standard InChI is InChI=1S/C31H30N2O4/c1-5-37-22-15-16-26-25(18-22)20(2)19-31(3,4)33(26)30(36)27(17-21-11-7-6-8-12-21)32-28(34)23-13-9-10-14-24(23)29(32)35/h6-16,18-19,27H,5,17H2,1-4H3/t27-/m1/s1. The molecule has 0 fully saturated rings. The number of rotatable bonds is 6. The molecule has 3 aromatic rings. The summed E-state index contributed by atoms with van der Waals surface area (Å²) in [6.45, 7) is 8.42. The summed E-state index contributed by atoms with van der Waals surface area (Å²) in [5.74, 6) is -0.466. The van der Waals surface area contributed by atoms with Gasteiger partial charge in [0.1, 0.15) is 11.8 Å². The SMILES string of the molecule is CCOc1ccc2c(c1)C(C)=CC(C)(C)N2C(=O)[C@@H](Cc1ccccc1)N1C(=O)c2ccccc2C1=O. The molecular weight excluding hydrogens is 464 g/mol. The van der Waals surface area contributed by atoms with E-state index in [0.29, 0.717) is 17.7 Å². The molecule has 3 amide bonds. The Morgan fingerprint density at radius 1 is 0.892 bits per heavy atom. The third-order valence-corrected chi connectivity index (χ3v) is 7.01. The molecule has 0 saturated carbocycles. The van der Waals surface area contributed by atoms with Gasteiger partial charge in [0.25, 0.3) is 17.7 Å². The van der Waals surface area contributed by atoms with Crippen molar-refractivity contribution in [2.24, 2.45) is 0 Å². The van der Waals surface area contributed by atoms with Crippen LogP contribution in [0.4, 0.5) is 5.69 Å². The quantitative estimate of drug-likeness (QED) is 0.423. The van der Waals surface area contributed by atoms with Crippen molar-refractivity contribution in [3.05, 3.63) is 101 Å². The highest BCUT2D eigenvalue weighted by molar-refractivity contribution is 6.23. The molecule has 6 heteroatoms. The van der Waals surface area contributed by atoms with E-state index in [0.717, 1.165) is 33.0 Å². The summed E-state index contributed by atoms with van der Waals surface area (Å²) in [6, 6.07) is 20.9. The van der Waals surface area contributed by atoms with Crippen LogP contribution in [-0.4, -0.2) is 40.8 Å². The molecule has 3 aromatic carbocycles. The lowest BCUT2D eigenvalue weighted by atomic mass is 9.87. The van der Waals surface area contributed by atoms with Gasteiger partial charge in [-0.25, -0.2) is 0 Å². The predicted octanol–water partition coefficient (Wildman–Crippen LogP) is 5.52. The van der Waals surface area contributed by atoms with E-state index in [-0.39, 0.29) is 12.3 Å². The normalized spacial score (nSPS) is 16.7. The van der Waals surface area contributed by atoms with Crippen LogP contribution in [0.5, 0.6) is 5.75 Å². The number of ether oxygens (including phenoxy) is 1. The van der Waals surface area contributed by atoms with Gasteiger partial charge in [-0.3, -0.25) is 19.3 Å². The lowest BCUT2D eigenvalue weighted by Crippen LogP contribution is -2.58. The fraction of sp³-hybridized carbons (Fsp3) is 0.258. The second-order valence-corrected chi connectivity index (χ2v) is 10.00. The zero-order valence-corrected chi connectivity index (χ0v) is 21.5. The first-order chi connectivity index (χ1) is 17.7. The van der Waals surface area contributed by atoms with Gasteiger partial charge in [-0.2, -0.15) is 0 Å². The van der Waals surface area contributed by atoms with Gasteiger partial charge < -0.3 is 9.64 Å². The predicted molar refractivity (Wildman–Crippen MR) is 144 cm³/mol. The summed E-state index contributed by atoms with van der Waals surface area (Å²) in [7, 11) is 0. The molecule has 0 bridgehead atoms. The summed E-state index contributed by atoms with van der Waals surface area (Å²) < 4.78 is 5.71. The van der Waals surface area contributed by atoms with Crippen molar-refractivity contribution in [2.45, 2.75) is 45.7 Å². The van der Waals surface area contributed by atoms with Gasteiger partial charge in [-0.15, -0.1) is 0 Å². The Bertz CT molecular complexity index is 1390. The van der Waals surface area contributed by atoms with Crippen LogP contribution in [0, 0.1) is 0 Å². The number of carbonyl (C=O) groups is 3. The first kappa shape index (κ1) is 24.5. The highest BCUT2D eigenvalue weighted by Gasteiger charge is 2.47. The highest BCUT2D eigenvalue weighted by Crippen LogP contribution is 2.42. The molecule has 0 unspecified atom stereocenters. The molecule has 6 nitrogen and oxygen atoms in total. The molecular formula is C31H30N2O4. The second kappa shape index (κ2) is 9.36. The van der Waals surface area contributed by atoms with E-state index in [1.54, 1.807) is 29.2 Å². The molecule has 0 spiro atoms. The first-order valence-corrected chi connectivity index (χ1v) is 12.5. The van der Waals surface area contributed by atoms with Gasteiger partial charge in [-0.1, -0.05) is 48.5 Å². The van der Waals surface area contributed by atoms with E-state index >= 15 is 0 Å². The molecule has 37 heavy (non-hydrogen) atoms. The topological polar surface area (TPSA) is 66.9 Å². The maximum Gasteiger partial charge on any atom is 0.262 e. The number of fused-ring (bicyclic) bond motifs is 2. The zero-order valence-electron chi connectivity index (χ0n) is 21.5. The van der Waals surface area contributed by atoms with Crippen molar-refractivity contribution in [3.8, 4) is 5.75 Å². The minimum atomic E-state index is -1.01. The van der Waals surface area contributed by atoms with E-state index in [4.69, 9.17) is 4.74 Å². The van der Waals surface area contributed by atoms with Crippen molar-refractivity contribution in [1.82, 2.24) is 4.90 Å². The molecule has 2 heterocycles. The maximum absolute atomic E-state index is 14.5. The number of hydrogen-bond acceptors (Lipinski definition) is 4. The summed E-state index contributed by atoms with van der Waals surface area (Å²) in [4.78, 5) is 44.4. The summed E-state index contributed by atoms with van der Waals surface area (Å²) >= 11 is 0. The van der Waals surface area contributed by atoms with Crippen LogP contribution in [0.1, 0.15) is 59.5 Å². The van der Waals surface area contributed by atoms with Gasteiger partial charge in [0.2, 0.25) is 0 Å². The van der Waals surface area contributed by atoms with Crippen LogP contribution in [0.15, 0.2) is 78.9 Å². The van der Waals surface area contributed by atoms with E-state index in [2.05, 4.69) is 0 Å². The number of benzene rings is 3. The largest absolute Gasteiger partial charge is 0.494 e. The number of amides is 3. The fourth-order valence-electron chi connectivity index (χ4n) is 5.43. The minimum absolute atomic E-state index is 0.215. The van der Waals surface area contributed by atoms with Crippen LogP contribution in [0.2, 0.25) is 0 Å². The first-order valence-electron chi connectivity index (χ1n) is 12.5. The smallest absolute Gasteiger partial charge is 0.262 e. The van der Waals surface area contributed by atoms with Crippen molar-refractivity contribution >= 4 is 29.0 Å². The van der Waals surface area contributed by atoms with E-state index in [1.165, 1.54) is 0 Å². The molecule has 0 N–H and O–H groups in total. The van der Waals surface area contributed by atoms with Gasteiger partial charge in [0.15, 0.2) is 0 Å². The monoisotopic (exact) mass is 494 g/mol. The molecule has 0 radical (unpaired) electrons. The lowest BCUT2D eigenvalue weighted by Gasteiger charge is -2.44. The fourth-order valence-corrected chi connectivity index (χ4v) is 5.43. The number of imide groups is 1. The number of carbonyl (C=O) groups excluding carboxylic acids is 3. The van der Waals surface area contributed by atoms with E-state index in [9.17, 15) is 14.4 Å². The van der Waals surface area contributed by atoms with Crippen molar-refractivity contribution in [2.75, 3.05) is 11.5 Å². The molecule has 5 rings (SSSR count). The number of nitrogens with zero attached hydrogens (tertiary/aromatic N) is 2. The van der Waals surface area contributed by atoms with Gasteiger partial charge in [-0.05, 0) is 69.2 Å². The molecule has 2 aliphatic heterocycles. The van der Waals surface area contributed by atoms with Gasteiger partial charge in [0.05, 0.1) is 29.0 Å². The Kier molecular flexibility index (Phi) is 6.20.